The molecule has 198 valence electrons. The van der Waals surface area contributed by atoms with E-state index in [9.17, 15) is 35.1 Å². The molecule has 0 spiro atoms. The van der Waals surface area contributed by atoms with Crippen molar-refractivity contribution in [1.82, 2.24) is 0 Å². The molecule has 2 aromatic carbocycles. The van der Waals surface area contributed by atoms with E-state index in [1.807, 2.05) is 6.92 Å². The number of rotatable bonds is 8. The molecule has 3 aromatic rings. The predicted molar refractivity (Wildman–Crippen MR) is 132 cm³/mol. The molecule has 0 radical (unpaired) electrons. The number of fused-ring (bicyclic) bond motifs is 1. The largest absolute Gasteiger partial charge is 0.508 e. The van der Waals surface area contributed by atoms with Crippen molar-refractivity contribution in [2.45, 2.75) is 63.1 Å². The lowest BCUT2D eigenvalue weighted by atomic mass is 9.89. The molecule has 4 rings (SSSR count). The normalized spacial score (nSPS) is 23.7. The first-order valence-electron chi connectivity index (χ1n) is 12.1. The zero-order valence-corrected chi connectivity index (χ0v) is 20.2. The fourth-order valence-electron chi connectivity index (χ4n) is 4.42. The van der Waals surface area contributed by atoms with Crippen molar-refractivity contribution in [1.29, 1.82) is 0 Å². The molecule has 2 heterocycles. The van der Waals surface area contributed by atoms with Gasteiger partial charge in [-0.1, -0.05) is 31.9 Å². The van der Waals surface area contributed by atoms with Gasteiger partial charge < -0.3 is 39.4 Å². The second kappa shape index (κ2) is 11.3. The average Bonchev–Trinajstić information content (AvgIpc) is 2.88. The summed E-state index contributed by atoms with van der Waals surface area (Å²) >= 11 is 0. The summed E-state index contributed by atoms with van der Waals surface area (Å²) in [5.41, 5.74) is 0.102. The molecule has 0 aliphatic carbocycles. The molecule has 0 amide bonds. The van der Waals surface area contributed by atoms with E-state index in [2.05, 4.69) is 0 Å². The van der Waals surface area contributed by atoms with Gasteiger partial charge in [0.15, 0.2) is 0 Å². The minimum Gasteiger partial charge on any atom is -0.508 e. The first-order valence-corrected chi connectivity index (χ1v) is 12.1. The number of hydrogen-bond donors (Lipinski definition) is 5. The fourth-order valence-corrected chi connectivity index (χ4v) is 4.42. The lowest BCUT2D eigenvalue weighted by molar-refractivity contribution is -0.234. The Labute approximate surface area is 212 Å². The van der Waals surface area contributed by atoms with Crippen LogP contribution in [0.2, 0.25) is 0 Å². The van der Waals surface area contributed by atoms with Crippen LogP contribution in [0.5, 0.6) is 11.5 Å². The highest BCUT2D eigenvalue weighted by molar-refractivity contribution is 5.86. The summed E-state index contributed by atoms with van der Waals surface area (Å²) in [4.78, 5) is 25.3. The van der Waals surface area contributed by atoms with Gasteiger partial charge in [-0.2, -0.15) is 0 Å². The molecule has 1 saturated heterocycles. The number of aliphatic hydroxyl groups excluding tert-OH is 3. The van der Waals surface area contributed by atoms with Gasteiger partial charge in [0.1, 0.15) is 60.5 Å². The molecule has 1 fully saturated rings. The first-order chi connectivity index (χ1) is 17.7. The van der Waals surface area contributed by atoms with Gasteiger partial charge in [-0.15, -0.1) is 0 Å². The van der Waals surface area contributed by atoms with Crippen LogP contribution in [0.1, 0.15) is 44.3 Å². The third-order valence-electron chi connectivity index (χ3n) is 6.53. The Morgan fingerprint density at radius 1 is 0.973 bits per heavy atom. The maximum Gasteiger partial charge on any atom is 0.305 e. The van der Waals surface area contributed by atoms with Crippen LogP contribution >= 0.6 is 0 Å². The van der Waals surface area contributed by atoms with E-state index in [0.29, 0.717) is 12.0 Å². The Bertz CT molecular complexity index is 1300. The maximum atomic E-state index is 13.3. The molecule has 0 unspecified atom stereocenters. The van der Waals surface area contributed by atoms with Gasteiger partial charge in [0.2, 0.25) is 5.43 Å². The molecule has 10 nitrogen and oxygen atoms in total. The summed E-state index contributed by atoms with van der Waals surface area (Å²) in [5, 5.41) is 51.9. The number of esters is 1. The minimum absolute atomic E-state index is 0.0338. The van der Waals surface area contributed by atoms with Crippen LogP contribution in [0.25, 0.3) is 22.1 Å². The summed E-state index contributed by atoms with van der Waals surface area (Å²) < 4.78 is 16.7. The molecule has 0 bridgehead atoms. The van der Waals surface area contributed by atoms with Crippen molar-refractivity contribution in [3.05, 3.63) is 58.4 Å². The summed E-state index contributed by atoms with van der Waals surface area (Å²) in [6.45, 7) is 1.62. The Morgan fingerprint density at radius 2 is 1.70 bits per heavy atom. The molecule has 1 aliphatic heterocycles. The highest BCUT2D eigenvalue weighted by Gasteiger charge is 2.46. The number of phenolic OH excluding ortho intramolecular Hbond substituents is 2. The molecule has 10 heteroatoms. The lowest BCUT2D eigenvalue weighted by Crippen LogP contribution is -2.55. The zero-order valence-electron chi connectivity index (χ0n) is 20.2. The van der Waals surface area contributed by atoms with E-state index < -0.39 is 41.9 Å². The third-order valence-corrected chi connectivity index (χ3v) is 6.53. The second-order valence-electron chi connectivity index (χ2n) is 9.11. The highest BCUT2D eigenvalue weighted by atomic mass is 16.6. The molecule has 5 atom stereocenters. The van der Waals surface area contributed by atoms with Crippen LogP contribution in [0, 0.1) is 0 Å². The van der Waals surface area contributed by atoms with Crippen molar-refractivity contribution < 1.29 is 44.2 Å². The van der Waals surface area contributed by atoms with Gasteiger partial charge >= 0.3 is 5.97 Å². The van der Waals surface area contributed by atoms with E-state index in [1.165, 1.54) is 30.5 Å². The summed E-state index contributed by atoms with van der Waals surface area (Å²) in [6.07, 6.45) is -3.73. The highest BCUT2D eigenvalue weighted by Crippen LogP contribution is 2.40. The van der Waals surface area contributed by atoms with E-state index in [-0.39, 0.29) is 46.6 Å². The van der Waals surface area contributed by atoms with Crippen molar-refractivity contribution in [3.63, 3.8) is 0 Å². The SMILES string of the molecule is CCCCCC(=O)OC[C@H]1O[C@@H](c2c(O)ccc3c(=O)c(-c4ccc(O)cc4)coc23)[C@H](O)[C@@H](O)[C@@H]1O. The molecule has 1 aliphatic rings. The predicted octanol–water partition coefficient (Wildman–Crippen LogP) is 2.52. The summed E-state index contributed by atoms with van der Waals surface area (Å²) in [5.74, 6) is -0.815. The number of ether oxygens (including phenoxy) is 2. The standard InChI is InChI=1S/C27H30O10/c1-2-3-4-5-20(30)35-13-19-23(32)24(33)25(34)27(37-19)21-18(29)11-10-16-22(31)17(12-36-26(16)21)14-6-8-15(28)9-7-14/h6-12,19,23-25,27-29,32-34H,2-5,13H2,1H3/t19-,23-,24+,25-,27+/m1/s1. The second-order valence-corrected chi connectivity index (χ2v) is 9.11. The number of aromatic hydroxyl groups is 2. The first kappa shape index (κ1) is 26.6. The fraction of sp³-hybridized carbons (Fsp3) is 0.407. The van der Waals surface area contributed by atoms with Crippen molar-refractivity contribution in [3.8, 4) is 22.6 Å². The van der Waals surface area contributed by atoms with Gasteiger partial charge in [-0.3, -0.25) is 9.59 Å². The number of carbonyl (C=O) groups is 1. The Kier molecular flexibility index (Phi) is 8.13. The monoisotopic (exact) mass is 514 g/mol. The van der Waals surface area contributed by atoms with Gasteiger partial charge in [0, 0.05) is 6.42 Å². The smallest absolute Gasteiger partial charge is 0.305 e. The lowest BCUT2D eigenvalue weighted by Gasteiger charge is -2.40. The minimum atomic E-state index is -1.69. The van der Waals surface area contributed by atoms with Gasteiger partial charge in [0.05, 0.1) is 16.5 Å². The van der Waals surface area contributed by atoms with Gasteiger partial charge in [0.25, 0.3) is 0 Å². The molecular formula is C27H30O10. The molecular weight excluding hydrogens is 484 g/mol. The molecule has 37 heavy (non-hydrogen) atoms. The van der Waals surface area contributed by atoms with Crippen LogP contribution in [0.15, 0.2) is 51.9 Å². The van der Waals surface area contributed by atoms with E-state index >= 15 is 0 Å². The topological polar surface area (TPSA) is 167 Å². The molecule has 5 N–H and O–H groups in total. The average molecular weight is 515 g/mol. The van der Waals surface area contributed by atoms with Crippen LogP contribution in [0.4, 0.5) is 0 Å². The van der Waals surface area contributed by atoms with Crippen LogP contribution < -0.4 is 5.43 Å². The maximum absolute atomic E-state index is 13.3. The summed E-state index contributed by atoms with van der Waals surface area (Å²) in [7, 11) is 0. The number of unbranched alkanes of at least 4 members (excludes halogenated alkanes) is 2. The molecule has 1 aromatic heterocycles. The summed E-state index contributed by atoms with van der Waals surface area (Å²) in [6, 6.07) is 8.56. The van der Waals surface area contributed by atoms with Gasteiger partial charge in [-0.05, 0) is 36.2 Å². The Hall–Kier alpha value is -3.44. The van der Waals surface area contributed by atoms with Crippen molar-refractivity contribution in [2.24, 2.45) is 0 Å². The van der Waals surface area contributed by atoms with Gasteiger partial charge in [-0.25, -0.2) is 0 Å². The zero-order chi connectivity index (χ0) is 26.7. The van der Waals surface area contributed by atoms with Crippen molar-refractivity contribution in [2.75, 3.05) is 6.61 Å². The molecule has 0 saturated carbocycles. The number of benzene rings is 2. The van der Waals surface area contributed by atoms with E-state index in [4.69, 9.17) is 13.9 Å². The van der Waals surface area contributed by atoms with Crippen LogP contribution in [0.3, 0.4) is 0 Å². The van der Waals surface area contributed by atoms with Crippen molar-refractivity contribution >= 4 is 16.9 Å². The van der Waals surface area contributed by atoms with Crippen LogP contribution in [-0.2, 0) is 14.3 Å². The Morgan fingerprint density at radius 3 is 2.41 bits per heavy atom. The quantitative estimate of drug-likeness (QED) is 0.223. The number of hydrogen-bond acceptors (Lipinski definition) is 10. The van der Waals surface area contributed by atoms with Crippen LogP contribution in [-0.4, -0.2) is 62.5 Å². The Balaban J connectivity index is 1.66. The third kappa shape index (κ3) is 5.47. The number of carbonyl (C=O) groups excluding carboxylic acids is 1. The number of aliphatic hydroxyl groups is 3. The number of phenols is 2. The van der Waals surface area contributed by atoms with E-state index in [1.54, 1.807) is 12.1 Å². The van der Waals surface area contributed by atoms with E-state index in [0.717, 1.165) is 12.8 Å².